The fourth-order valence-electron chi connectivity index (χ4n) is 5.76. The Kier molecular flexibility index (Phi) is 7.63. The summed E-state index contributed by atoms with van der Waals surface area (Å²) in [5.74, 6) is -1.50. The van der Waals surface area contributed by atoms with Crippen molar-refractivity contribution in [2.75, 3.05) is 19.3 Å². The van der Waals surface area contributed by atoms with Crippen molar-refractivity contribution in [1.29, 1.82) is 0 Å². The Hall–Kier alpha value is -2.22. The van der Waals surface area contributed by atoms with Gasteiger partial charge in [-0.25, -0.2) is 12.8 Å². The van der Waals surface area contributed by atoms with Crippen LogP contribution in [0.2, 0.25) is 0 Å². The Bertz CT molecular complexity index is 1310. The molecule has 0 radical (unpaired) electrons. The molecule has 0 aliphatic carbocycles. The maximum atomic E-state index is 15.1. The molecule has 13 heteroatoms. The maximum absolute atomic E-state index is 15.1. The van der Waals surface area contributed by atoms with Gasteiger partial charge in [0.15, 0.2) is 0 Å². The number of rotatable bonds is 6. The van der Waals surface area contributed by atoms with E-state index in [2.05, 4.69) is 4.90 Å². The van der Waals surface area contributed by atoms with E-state index in [0.717, 1.165) is 24.5 Å². The molecule has 2 bridgehead atoms. The summed E-state index contributed by atoms with van der Waals surface area (Å²) in [5.41, 5.74) is -5.27. The van der Waals surface area contributed by atoms with Crippen molar-refractivity contribution in [2.24, 2.45) is 0 Å². The zero-order valence-corrected chi connectivity index (χ0v) is 22.3. The van der Waals surface area contributed by atoms with Gasteiger partial charge in [0.25, 0.3) is 5.60 Å². The van der Waals surface area contributed by atoms with Crippen LogP contribution in [-0.2, 0) is 22.2 Å². The number of halogens is 7. The Balaban J connectivity index is 1.63. The fraction of sp³-hybridized carbons (Fsp3) is 0.538. The number of nitrogens with zero attached hydrogens (tertiary/aromatic N) is 2. The van der Waals surface area contributed by atoms with Crippen LogP contribution >= 0.6 is 0 Å². The van der Waals surface area contributed by atoms with Gasteiger partial charge in [0.2, 0.25) is 10.0 Å². The standard InChI is InChI=1S/C26H29F7N2O3S/c1-15(2)22-10-16(12-34-13-18-6-7-19(14-34)35(18)39(3,37)38)4-8-20(22)21-9-5-17(11-23(21)27)24(36,25(28,29)30)26(31,32)33/h4-5,8-11,15,18-19,36H,6-7,12-14H2,1-3H3. The third-order valence-electron chi connectivity index (χ3n) is 7.52. The molecule has 2 aromatic carbocycles. The highest BCUT2D eigenvalue weighted by atomic mass is 32.2. The van der Waals surface area contributed by atoms with Crippen molar-refractivity contribution in [2.45, 2.75) is 69.2 Å². The zero-order chi connectivity index (χ0) is 29.1. The molecule has 2 unspecified atom stereocenters. The van der Waals surface area contributed by atoms with Crippen LogP contribution in [0.15, 0.2) is 36.4 Å². The summed E-state index contributed by atoms with van der Waals surface area (Å²) in [6, 6.07) is 6.21. The molecule has 1 N–H and O–H groups in total. The highest BCUT2D eigenvalue weighted by molar-refractivity contribution is 7.88. The first kappa shape index (κ1) is 29.8. The number of fused-ring (bicyclic) bond motifs is 2. The number of hydrogen-bond donors (Lipinski definition) is 1. The van der Waals surface area contributed by atoms with Crippen molar-refractivity contribution in [3.8, 4) is 11.1 Å². The second-order valence-electron chi connectivity index (χ2n) is 10.6. The van der Waals surface area contributed by atoms with Crippen molar-refractivity contribution in [3.63, 3.8) is 0 Å². The van der Waals surface area contributed by atoms with Gasteiger partial charge in [-0.1, -0.05) is 44.2 Å². The van der Waals surface area contributed by atoms with Gasteiger partial charge in [0.05, 0.1) is 6.26 Å². The van der Waals surface area contributed by atoms with E-state index in [9.17, 15) is 39.9 Å². The maximum Gasteiger partial charge on any atom is 0.430 e. The Morgan fingerprint density at radius 2 is 1.46 bits per heavy atom. The molecule has 4 rings (SSSR count). The first-order valence-corrected chi connectivity index (χ1v) is 14.2. The monoisotopic (exact) mass is 582 g/mol. The first-order valence-electron chi connectivity index (χ1n) is 12.3. The highest BCUT2D eigenvalue weighted by Gasteiger charge is 2.71. The topological polar surface area (TPSA) is 60.9 Å². The van der Waals surface area contributed by atoms with Crippen LogP contribution < -0.4 is 0 Å². The van der Waals surface area contributed by atoms with Gasteiger partial charge in [-0.2, -0.15) is 30.6 Å². The molecule has 216 valence electrons. The molecule has 2 aromatic rings. The lowest BCUT2D eigenvalue weighted by Gasteiger charge is -2.39. The number of aliphatic hydroxyl groups is 1. The van der Waals surface area contributed by atoms with Crippen molar-refractivity contribution < 1.29 is 44.3 Å². The minimum absolute atomic E-state index is 0.0748. The third kappa shape index (κ3) is 5.42. The lowest BCUT2D eigenvalue weighted by Crippen LogP contribution is -2.54. The number of alkyl halides is 6. The molecule has 2 saturated heterocycles. The summed E-state index contributed by atoms with van der Waals surface area (Å²) in [6.45, 7) is 5.26. The Morgan fingerprint density at radius 3 is 1.92 bits per heavy atom. The fourth-order valence-corrected chi connectivity index (χ4v) is 7.19. The molecule has 2 fully saturated rings. The summed E-state index contributed by atoms with van der Waals surface area (Å²) in [5, 5.41) is 9.62. The predicted octanol–water partition coefficient (Wildman–Crippen LogP) is 5.54. The molecule has 2 heterocycles. The average molecular weight is 583 g/mol. The molecule has 2 aliphatic heterocycles. The summed E-state index contributed by atoms with van der Waals surface area (Å²) < 4.78 is 120. The molecular formula is C26H29F7N2O3S. The van der Waals surface area contributed by atoms with Crippen molar-refractivity contribution in [1.82, 2.24) is 9.21 Å². The van der Waals surface area contributed by atoms with E-state index in [1.54, 1.807) is 16.4 Å². The van der Waals surface area contributed by atoms with E-state index < -0.39 is 39.4 Å². The van der Waals surface area contributed by atoms with Crippen LogP contribution in [0.4, 0.5) is 30.7 Å². The SMILES string of the molecule is CC(C)c1cc(CN2CC3CCC(C2)N3S(C)(=O)=O)ccc1-c1ccc(C(O)(C(F)(F)F)C(F)(F)F)cc1F. The highest BCUT2D eigenvalue weighted by Crippen LogP contribution is 2.50. The Morgan fingerprint density at radius 1 is 0.923 bits per heavy atom. The molecule has 2 aliphatic rings. The number of sulfonamides is 1. The summed E-state index contributed by atoms with van der Waals surface area (Å²) in [4.78, 5) is 2.15. The smallest absolute Gasteiger partial charge is 0.369 e. The predicted molar refractivity (Wildman–Crippen MR) is 131 cm³/mol. The van der Waals surface area contributed by atoms with E-state index in [0.29, 0.717) is 36.8 Å². The van der Waals surface area contributed by atoms with Gasteiger partial charge < -0.3 is 5.11 Å². The van der Waals surface area contributed by atoms with Crippen LogP contribution in [0.1, 0.15) is 49.3 Å². The average Bonchev–Trinajstić information content (AvgIpc) is 3.09. The molecule has 0 aromatic heterocycles. The molecule has 5 nitrogen and oxygen atoms in total. The minimum Gasteiger partial charge on any atom is -0.369 e. The van der Waals surface area contributed by atoms with E-state index in [1.165, 1.54) is 6.26 Å². The van der Waals surface area contributed by atoms with E-state index in [1.807, 2.05) is 19.9 Å². The van der Waals surface area contributed by atoms with Crippen LogP contribution in [0.5, 0.6) is 0 Å². The van der Waals surface area contributed by atoms with Gasteiger partial charge in [-0.15, -0.1) is 0 Å². The zero-order valence-electron chi connectivity index (χ0n) is 21.4. The van der Waals surface area contributed by atoms with Gasteiger partial charge in [-0.05, 0) is 41.5 Å². The first-order chi connectivity index (χ1) is 17.8. The van der Waals surface area contributed by atoms with E-state index in [-0.39, 0.29) is 29.6 Å². The summed E-state index contributed by atoms with van der Waals surface area (Å²) in [7, 11) is -3.31. The van der Waals surface area contributed by atoms with Gasteiger partial charge in [0.1, 0.15) is 5.82 Å². The molecule has 0 saturated carbocycles. The number of benzene rings is 2. The quantitative estimate of drug-likeness (QED) is 0.455. The second-order valence-corrected chi connectivity index (χ2v) is 12.5. The van der Waals surface area contributed by atoms with Crippen LogP contribution in [0.3, 0.4) is 0 Å². The van der Waals surface area contributed by atoms with E-state index >= 15 is 4.39 Å². The third-order valence-corrected chi connectivity index (χ3v) is 8.88. The number of likely N-dealkylation sites (tertiary alicyclic amines) is 1. The molecule has 39 heavy (non-hydrogen) atoms. The summed E-state index contributed by atoms with van der Waals surface area (Å²) in [6.07, 6.45) is -9.47. The molecule has 2 atom stereocenters. The van der Waals surface area contributed by atoms with Gasteiger partial charge in [0, 0.05) is 42.8 Å². The van der Waals surface area contributed by atoms with Crippen LogP contribution in [-0.4, -0.2) is 66.5 Å². The van der Waals surface area contributed by atoms with E-state index in [4.69, 9.17) is 0 Å². The molecule has 0 spiro atoms. The second kappa shape index (κ2) is 10.0. The number of hydrogen-bond acceptors (Lipinski definition) is 4. The Labute approximate surface area is 222 Å². The number of piperazine rings is 1. The van der Waals surface area contributed by atoms with Crippen molar-refractivity contribution in [3.05, 3.63) is 58.9 Å². The normalized spacial score (nSPS) is 21.6. The lowest BCUT2D eigenvalue weighted by atomic mass is 9.87. The minimum atomic E-state index is -6.11. The van der Waals surface area contributed by atoms with Crippen molar-refractivity contribution >= 4 is 10.0 Å². The van der Waals surface area contributed by atoms with Gasteiger partial charge in [-0.3, -0.25) is 4.90 Å². The van der Waals surface area contributed by atoms with Crippen LogP contribution in [0, 0.1) is 5.82 Å². The molecular weight excluding hydrogens is 553 g/mol. The van der Waals surface area contributed by atoms with Gasteiger partial charge >= 0.3 is 12.4 Å². The van der Waals surface area contributed by atoms with Crippen LogP contribution in [0.25, 0.3) is 11.1 Å². The lowest BCUT2D eigenvalue weighted by molar-refractivity contribution is -0.376. The largest absolute Gasteiger partial charge is 0.430 e. The molecule has 0 amide bonds. The summed E-state index contributed by atoms with van der Waals surface area (Å²) >= 11 is 0.